The monoisotopic (exact) mass is 328 g/mol. The lowest BCUT2D eigenvalue weighted by molar-refractivity contribution is -0.131. The first-order valence-corrected chi connectivity index (χ1v) is 8.09. The Morgan fingerprint density at radius 2 is 2.13 bits per heavy atom. The molecule has 118 valence electrons. The summed E-state index contributed by atoms with van der Waals surface area (Å²) >= 11 is 1.53. The van der Waals surface area contributed by atoms with Crippen molar-refractivity contribution in [1.29, 1.82) is 0 Å². The van der Waals surface area contributed by atoms with Gasteiger partial charge in [-0.05, 0) is 44.2 Å². The quantitative estimate of drug-likeness (QED) is 0.722. The molecule has 23 heavy (non-hydrogen) atoms. The lowest BCUT2D eigenvalue weighted by Crippen LogP contribution is -1.93. The lowest BCUT2D eigenvalue weighted by atomic mass is 10.1. The Balaban J connectivity index is 2.12. The second kappa shape index (κ2) is 6.26. The Kier molecular flexibility index (Phi) is 4.16. The number of benzene rings is 1. The summed E-state index contributed by atoms with van der Waals surface area (Å²) in [6.07, 6.45) is 2.73. The van der Waals surface area contributed by atoms with E-state index >= 15 is 0 Å². The van der Waals surface area contributed by atoms with Crippen LogP contribution < -0.4 is 4.74 Å². The van der Waals surface area contributed by atoms with Crippen LogP contribution in [-0.4, -0.2) is 27.1 Å². The number of aliphatic carboxylic acids is 1. The Labute approximate surface area is 137 Å². The van der Waals surface area contributed by atoms with Crippen molar-refractivity contribution in [2.24, 2.45) is 0 Å². The average Bonchev–Trinajstić information content (AvgIpc) is 3.07. The van der Waals surface area contributed by atoms with Crippen LogP contribution in [0.2, 0.25) is 0 Å². The van der Waals surface area contributed by atoms with E-state index in [1.807, 2.05) is 47.9 Å². The molecular weight excluding hydrogens is 312 g/mol. The summed E-state index contributed by atoms with van der Waals surface area (Å²) in [5.41, 5.74) is 3.49. The summed E-state index contributed by atoms with van der Waals surface area (Å²) in [7, 11) is 0. The zero-order chi connectivity index (χ0) is 16.4. The number of carboxylic acids is 1. The molecule has 0 saturated heterocycles. The van der Waals surface area contributed by atoms with Crippen LogP contribution in [0.1, 0.15) is 18.3 Å². The van der Waals surface area contributed by atoms with Crippen LogP contribution in [0.4, 0.5) is 0 Å². The van der Waals surface area contributed by atoms with Gasteiger partial charge in [-0.2, -0.15) is 0 Å². The van der Waals surface area contributed by atoms with Crippen molar-refractivity contribution in [3.8, 4) is 17.0 Å². The van der Waals surface area contributed by atoms with Crippen LogP contribution in [0.25, 0.3) is 22.3 Å². The topological polar surface area (TPSA) is 63.8 Å². The van der Waals surface area contributed by atoms with Gasteiger partial charge in [0.05, 0.1) is 18.0 Å². The summed E-state index contributed by atoms with van der Waals surface area (Å²) in [5, 5.41) is 10.9. The first-order chi connectivity index (χ1) is 11.1. The van der Waals surface area contributed by atoms with E-state index in [1.165, 1.54) is 11.3 Å². The predicted octanol–water partition coefficient (Wildman–Crippen LogP) is 3.87. The Hall–Kier alpha value is -2.60. The minimum Gasteiger partial charge on any atom is -0.494 e. The van der Waals surface area contributed by atoms with E-state index in [2.05, 4.69) is 4.98 Å². The zero-order valence-electron chi connectivity index (χ0n) is 12.8. The molecule has 0 fully saturated rings. The first kappa shape index (κ1) is 15.3. The predicted molar refractivity (Wildman–Crippen MR) is 91.1 cm³/mol. The molecule has 3 rings (SSSR count). The van der Waals surface area contributed by atoms with E-state index in [9.17, 15) is 4.79 Å². The van der Waals surface area contributed by atoms with Crippen molar-refractivity contribution >= 4 is 28.3 Å². The van der Waals surface area contributed by atoms with Gasteiger partial charge in [-0.25, -0.2) is 9.78 Å². The molecule has 0 radical (unpaired) electrons. The van der Waals surface area contributed by atoms with Crippen LogP contribution in [-0.2, 0) is 4.79 Å². The van der Waals surface area contributed by atoms with E-state index in [0.717, 1.165) is 39.4 Å². The van der Waals surface area contributed by atoms with Crippen molar-refractivity contribution < 1.29 is 14.6 Å². The molecule has 6 heteroatoms. The van der Waals surface area contributed by atoms with E-state index in [1.54, 1.807) is 6.08 Å². The molecular formula is C17H16N2O3S. The summed E-state index contributed by atoms with van der Waals surface area (Å²) in [4.78, 5) is 16.4. The molecule has 0 amide bonds. The van der Waals surface area contributed by atoms with Crippen LogP contribution in [0.5, 0.6) is 5.75 Å². The van der Waals surface area contributed by atoms with Crippen LogP contribution in [0.3, 0.4) is 0 Å². The zero-order valence-corrected chi connectivity index (χ0v) is 13.6. The van der Waals surface area contributed by atoms with Crippen molar-refractivity contribution in [3.63, 3.8) is 0 Å². The molecule has 0 spiro atoms. The van der Waals surface area contributed by atoms with Crippen LogP contribution in [0, 0.1) is 6.92 Å². The van der Waals surface area contributed by atoms with Gasteiger partial charge in [-0.15, -0.1) is 11.3 Å². The summed E-state index contributed by atoms with van der Waals surface area (Å²) in [5.74, 6) is -0.179. The molecule has 0 bridgehead atoms. The molecule has 0 aliphatic heterocycles. The molecule has 0 atom stereocenters. The van der Waals surface area contributed by atoms with Crippen molar-refractivity contribution in [3.05, 3.63) is 47.1 Å². The Morgan fingerprint density at radius 1 is 1.39 bits per heavy atom. The number of ether oxygens (including phenoxy) is 1. The maximum Gasteiger partial charge on any atom is 0.328 e. The third kappa shape index (κ3) is 2.98. The van der Waals surface area contributed by atoms with Gasteiger partial charge in [-0.3, -0.25) is 4.40 Å². The average molecular weight is 328 g/mol. The fourth-order valence-electron chi connectivity index (χ4n) is 2.41. The molecule has 2 aromatic heterocycles. The van der Waals surface area contributed by atoms with E-state index in [-0.39, 0.29) is 0 Å². The molecule has 0 saturated carbocycles. The van der Waals surface area contributed by atoms with Crippen LogP contribution in [0.15, 0.2) is 35.7 Å². The maximum atomic E-state index is 10.9. The van der Waals surface area contributed by atoms with E-state index in [0.29, 0.717) is 6.61 Å². The number of aromatic nitrogens is 2. The number of hydrogen-bond donors (Lipinski definition) is 1. The highest BCUT2D eigenvalue weighted by atomic mass is 32.1. The van der Waals surface area contributed by atoms with Gasteiger partial charge in [0.1, 0.15) is 5.75 Å². The van der Waals surface area contributed by atoms with Gasteiger partial charge in [0, 0.05) is 22.7 Å². The smallest absolute Gasteiger partial charge is 0.328 e. The number of thiazole rings is 1. The van der Waals surface area contributed by atoms with Crippen LogP contribution >= 0.6 is 11.3 Å². The SMILES string of the molecule is CCOc1ccc(-c2nc3scc(C)n3c2/C=C/C(=O)O)cc1. The standard InChI is InChI=1S/C17H16N2O3S/c1-3-22-13-6-4-12(5-7-13)16-14(8-9-15(20)21)19-11(2)10-23-17(19)18-16/h4-10H,3H2,1-2H3,(H,20,21)/b9-8+. The molecule has 5 nitrogen and oxygen atoms in total. The minimum absolute atomic E-state index is 0.616. The summed E-state index contributed by atoms with van der Waals surface area (Å²) in [6.45, 7) is 4.53. The first-order valence-electron chi connectivity index (χ1n) is 7.21. The third-order valence-electron chi connectivity index (χ3n) is 3.39. The highest BCUT2D eigenvalue weighted by Gasteiger charge is 2.15. The number of carbonyl (C=O) groups is 1. The van der Waals surface area contributed by atoms with Gasteiger partial charge in [0.25, 0.3) is 0 Å². The van der Waals surface area contributed by atoms with Crippen molar-refractivity contribution in [2.75, 3.05) is 6.61 Å². The Bertz CT molecular complexity index is 875. The van der Waals surface area contributed by atoms with E-state index in [4.69, 9.17) is 9.84 Å². The molecule has 3 aromatic rings. The normalized spacial score (nSPS) is 11.4. The minimum atomic E-state index is -0.981. The fraction of sp³-hybridized carbons (Fsp3) is 0.176. The molecule has 0 unspecified atom stereocenters. The van der Waals surface area contributed by atoms with Crippen molar-refractivity contribution in [1.82, 2.24) is 9.38 Å². The molecule has 2 heterocycles. The third-order valence-corrected chi connectivity index (χ3v) is 4.34. The highest BCUT2D eigenvalue weighted by Crippen LogP contribution is 2.30. The Morgan fingerprint density at radius 3 is 2.78 bits per heavy atom. The molecule has 1 N–H and O–H groups in total. The largest absolute Gasteiger partial charge is 0.494 e. The number of carboxylic acid groups (broad SMARTS) is 1. The number of nitrogens with zero attached hydrogens (tertiary/aromatic N) is 2. The number of imidazole rings is 1. The van der Waals surface area contributed by atoms with Crippen molar-refractivity contribution in [2.45, 2.75) is 13.8 Å². The second-order valence-electron chi connectivity index (χ2n) is 4.97. The van der Waals surface area contributed by atoms with E-state index < -0.39 is 5.97 Å². The van der Waals surface area contributed by atoms with Gasteiger partial charge in [0.15, 0.2) is 4.96 Å². The lowest BCUT2D eigenvalue weighted by Gasteiger charge is -2.05. The highest BCUT2D eigenvalue weighted by molar-refractivity contribution is 7.15. The maximum absolute atomic E-state index is 10.9. The van der Waals surface area contributed by atoms with Gasteiger partial charge < -0.3 is 9.84 Å². The molecule has 1 aromatic carbocycles. The number of hydrogen-bond acceptors (Lipinski definition) is 4. The molecule has 0 aliphatic carbocycles. The summed E-state index contributed by atoms with van der Waals surface area (Å²) < 4.78 is 7.42. The molecule has 0 aliphatic rings. The second-order valence-corrected chi connectivity index (χ2v) is 5.81. The number of fused-ring (bicyclic) bond motifs is 1. The van der Waals surface area contributed by atoms with Gasteiger partial charge in [-0.1, -0.05) is 0 Å². The summed E-state index contributed by atoms with van der Waals surface area (Å²) in [6, 6.07) is 7.66. The van der Waals surface area contributed by atoms with Gasteiger partial charge in [0.2, 0.25) is 0 Å². The number of rotatable bonds is 5. The number of aryl methyl sites for hydroxylation is 1. The fourth-order valence-corrected chi connectivity index (χ4v) is 3.29. The van der Waals surface area contributed by atoms with Gasteiger partial charge >= 0.3 is 5.97 Å².